The predicted octanol–water partition coefficient (Wildman–Crippen LogP) is 2.80. The molecule has 0 spiro atoms. The Hall–Kier alpha value is -2.14. The first-order valence-corrected chi connectivity index (χ1v) is 6.10. The molecule has 0 bridgehead atoms. The maximum atomic E-state index is 11.3. The monoisotopic (exact) mass is 262 g/mol. The largest absolute Gasteiger partial charge is 0.481 e. The smallest absolute Gasteiger partial charge is 0.323 e. The van der Waals surface area contributed by atoms with Crippen molar-refractivity contribution >= 4 is 23.3 Å². The van der Waals surface area contributed by atoms with E-state index < -0.39 is 18.4 Å². The van der Waals surface area contributed by atoms with Gasteiger partial charge in [-0.15, -0.1) is 11.3 Å². The second-order valence-corrected chi connectivity index (χ2v) is 4.41. The van der Waals surface area contributed by atoms with E-state index in [1.807, 2.05) is 36.4 Å². The van der Waals surface area contributed by atoms with Gasteiger partial charge in [0.25, 0.3) is 0 Å². The summed E-state index contributed by atoms with van der Waals surface area (Å²) in [6.45, 7) is 0. The second kappa shape index (κ2) is 5.46. The summed E-state index contributed by atoms with van der Waals surface area (Å²) in [7, 11) is 0. The van der Waals surface area contributed by atoms with Crippen molar-refractivity contribution in [3.05, 3.63) is 41.8 Å². The summed E-state index contributed by atoms with van der Waals surface area (Å²) in [5, 5.41) is 10.7. The van der Waals surface area contributed by atoms with Crippen molar-refractivity contribution in [3.63, 3.8) is 0 Å². The number of thiophene rings is 1. The summed E-state index contributed by atoms with van der Waals surface area (Å²) in [6, 6.07) is 11.3. The Morgan fingerprint density at radius 3 is 2.56 bits per heavy atom. The molecule has 0 aliphatic rings. The number of carboxylic acids is 1. The molecule has 1 aromatic heterocycles. The lowest BCUT2D eigenvalue weighted by atomic mass is 10.1. The van der Waals surface area contributed by atoms with E-state index >= 15 is 0 Å². The first-order valence-electron chi connectivity index (χ1n) is 5.22. The first kappa shape index (κ1) is 12.3. The molecule has 0 atom stereocenters. The van der Waals surface area contributed by atoms with Crippen LogP contribution in [0.4, 0.5) is 0 Å². The van der Waals surface area contributed by atoms with Crippen molar-refractivity contribution < 1.29 is 19.4 Å². The minimum atomic E-state index is -1.20. The third-order valence-corrected chi connectivity index (χ3v) is 3.01. The summed E-state index contributed by atoms with van der Waals surface area (Å²) in [5.74, 6) is -1.96. The molecule has 2 aromatic rings. The van der Waals surface area contributed by atoms with E-state index in [1.165, 1.54) is 11.3 Å². The quantitative estimate of drug-likeness (QED) is 0.679. The van der Waals surface area contributed by atoms with Gasteiger partial charge in [0.1, 0.15) is 6.42 Å². The molecular formula is C13H10O4S. The zero-order valence-electron chi connectivity index (χ0n) is 9.33. The van der Waals surface area contributed by atoms with Crippen molar-refractivity contribution in [2.24, 2.45) is 0 Å². The number of carbonyl (C=O) groups is 2. The third-order valence-electron chi connectivity index (χ3n) is 2.22. The minimum Gasteiger partial charge on any atom is -0.481 e. The average molecular weight is 262 g/mol. The predicted molar refractivity (Wildman–Crippen MR) is 67.6 cm³/mol. The Bertz CT molecular complexity index is 559. The van der Waals surface area contributed by atoms with Crippen LogP contribution in [0.2, 0.25) is 0 Å². The van der Waals surface area contributed by atoms with Gasteiger partial charge in [-0.25, -0.2) is 0 Å². The van der Waals surface area contributed by atoms with Crippen molar-refractivity contribution in [3.8, 4) is 16.2 Å². The third kappa shape index (κ3) is 2.95. The normalized spacial score (nSPS) is 10.0. The summed E-state index contributed by atoms with van der Waals surface area (Å²) < 4.78 is 5.05. The van der Waals surface area contributed by atoms with Gasteiger partial charge in [-0.05, 0) is 17.0 Å². The van der Waals surface area contributed by atoms with Crippen LogP contribution in [-0.4, -0.2) is 17.0 Å². The molecule has 0 fully saturated rings. The standard InChI is InChI=1S/C13H10O4S/c14-11(15)8-12(16)17-13-10(6-7-18-13)9-4-2-1-3-5-9/h1-7H,8H2,(H,14,15). The van der Waals surface area contributed by atoms with Crippen LogP contribution in [0.3, 0.4) is 0 Å². The fraction of sp³-hybridized carbons (Fsp3) is 0.0769. The molecule has 4 nitrogen and oxygen atoms in total. The van der Waals surface area contributed by atoms with Gasteiger partial charge in [-0.3, -0.25) is 9.59 Å². The average Bonchev–Trinajstić information content (AvgIpc) is 2.77. The second-order valence-electron chi connectivity index (χ2n) is 3.53. The highest BCUT2D eigenvalue weighted by Crippen LogP contribution is 2.35. The van der Waals surface area contributed by atoms with Crippen LogP contribution in [0.15, 0.2) is 41.8 Å². The molecule has 1 N–H and O–H groups in total. The van der Waals surface area contributed by atoms with Crippen LogP contribution in [0.1, 0.15) is 6.42 Å². The number of esters is 1. The Morgan fingerprint density at radius 2 is 1.89 bits per heavy atom. The number of benzene rings is 1. The van der Waals surface area contributed by atoms with Gasteiger partial charge < -0.3 is 9.84 Å². The molecule has 0 radical (unpaired) electrons. The van der Waals surface area contributed by atoms with Crippen LogP contribution >= 0.6 is 11.3 Å². The van der Waals surface area contributed by atoms with Crippen molar-refractivity contribution in [1.82, 2.24) is 0 Å². The first-order chi connectivity index (χ1) is 8.66. The highest BCUT2D eigenvalue weighted by Gasteiger charge is 2.14. The number of rotatable bonds is 4. The molecule has 0 unspecified atom stereocenters. The van der Waals surface area contributed by atoms with E-state index in [4.69, 9.17) is 9.84 Å². The SMILES string of the molecule is O=C(O)CC(=O)Oc1sccc1-c1ccccc1. The van der Waals surface area contributed by atoms with Gasteiger partial charge in [0.2, 0.25) is 0 Å². The summed E-state index contributed by atoms with van der Waals surface area (Å²) >= 11 is 1.26. The van der Waals surface area contributed by atoms with E-state index in [0.29, 0.717) is 5.06 Å². The van der Waals surface area contributed by atoms with Gasteiger partial charge in [0.15, 0.2) is 5.06 Å². The van der Waals surface area contributed by atoms with Crippen LogP contribution in [-0.2, 0) is 9.59 Å². The van der Waals surface area contributed by atoms with E-state index in [9.17, 15) is 9.59 Å². The van der Waals surface area contributed by atoms with Crippen molar-refractivity contribution in [2.45, 2.75) is 6.42 Å². The zero-order chi connectivity index (χ0) is 13.0. The molecule has 1 aromatic carbocycles. The summed E-state index contributed by atoms with van der Waals surface area (Å²) in [4.78, 5) is 21.7. The molecular weight excluding hydrogens is 252 g/mol. The molecule has 1 heterocycles. The molecule has 5 heteroatoms. The van der Waals surface area contributed by atoms with E-state index in [-0.39, 0.29) is 0 Å². The maximum Gasteiger partial charge on any atom is 0.323 e. The fourth-order valence-corrected chi connectivity index (χ4v) is 2.25. The topological polar surface area (TPSA) is 63.6 Å². The lowest BCUT2D eigenvalue weighted by Gasteiger charge is -2.04. The Morgan fingerprint density at radius 1 is 1.17 bits per heavy atom. The Kier molecular flexibility index (Phi) is 3.74. The lowest BCUT2D eigenvalue weighted by molar-refractivity contribution is -0.145. The van der Waals surface area contributed by atoms with E-state index in [0.717, 1.165) is 11.1 Å². The van der Waals surface area contributed by atoms with Gasteiger partial charge in [-0.1, -0.05) is 30.3 Å². The van der Waals surface area contributed by atoms with Crippen molar-refractivity contribution in [1.29, 1.82) is 0 Å². The number of carbonyl (C=O) groups excluding carboxylic acids is 1. The van der Waals surface area contributed by atoms with Gasteiger partial charge in [0.05, 0.1) is 0 Å². The van der Waals surface area contributed by atoms with Crippen LogP contribution in [0, 0.1) is 0 Å². The molecule has 0 saturated heterocycles. The Labute approximate surface area is 107 Å². The number of hydrogen-bond donors (Lipinski definition) is 1. The van der Waals surface area contributed by atoms with Gasteiger partial charge in [-0.2, -0.15) is 0 Å². The van der Waals surface area contributed by atoms with Crippen LogP contribution in [0.5, 0.6) is 5.06 Å². The highest BCUT2D eigenvalue weighted by atomic mass is 32.1. The maximum absolute atomic E-state index is 11.3. The zero-order valence-corrected chi connectivity index (χ0v) is 10.1. The summed E-state index contributed by atoms with van der Waals surface area (Å²) in [6.07, 6.45) is -0.633. The molecule has 0 aliphatic carbocycles. The minimum absolute atomic E-state index is 0.424. The molecule has 92 valence electrons. The highest BCUT2D eigenvalue weighted by molar-refractivity contribution is 7.12. The van der Waals surface area contributed by atoms with Gasteiger partial charge >= 0.3 is 11.9 Å². The number of ether oxygens (including phenoxy) is 1. The number of carboxylic acid groups (broad SMARTS) is 1. The summed E-state index contributed by atoms with van der Waals surface area (Å²) in [5.41, 5.74) is 1.72. The molecule has 0 amide bonds. The van der Waals surface area contributed by atoms with E-state index in [2.05, 4.69) is 0 Å². The molecule has 18 heavy (non-hydrogen) atoms. The van der Waals surface area contributed by atoms with Crippen LogP contribution < -0.4 is 4.74 Å². The number of aliphatic carboxylic acids is 1. The van der Waals surface area contributed by atoms with Crippen molar-refractivity contribution in [2.75, 3.05) is 0 Å². The Balaban J connectivity index is 2.19. The molecule has 2 rings (SSSR count). The lowest BCUT2D eigenvalue weighted by Crippen LogP contribution is -2.12. The van der Waals surface area contributed by atoms with E-state index in [1.54, 1.807) is 5.38 Å². The fourth-order valence-electron chi connectivity index (χ4n) is 1.47. The number of hydrogen-bond acceptors (Lipinski definition) is 4. The van der Waals surface area contributed by atoms with Crippen LogP contribution in [0.25, 0.3) is 11.1 Å². The van der Waals surface area contributed by atoms with Gasteiger partial charge in [0, 0.05) is 5.56 Å². The molecule has 0 aliphatic heterocycles. The molecule has 0 saturated carbocycles.